The van der Waals surface area contributed by atoms with Crippen molar-refractivity contribution >= 4 is 17.6 Å². The number of anilines is 1. The van der Waals surface area contributed by atoms with Crippen LogP contribution in [0.3, 0.4) is 0 Å². The molecule has 2 amide bonds. The molecule has 0 aliphatic carbocycles. The Morgan fingerprint density at radius 1 is 1.42 bits per heavy atom. The van der Waals surface area contributed by atoms with E-state index in [2.05, 4.69) is 15.6 Å². The molecule has 7 heteroatoms. The number of rotatable bonds is 7. The molecule has 0 spiro atoms. The van der Waals surface area contributed by atoms with Crippen molar-refractivity contribution in [2.45, 2.75) is 19.8 Å². The summed E-state index contributed by atoms with van der Waals surface area (Å²) in [6.07, 6.45) is 2.18. The van der Waals surface area contributed by atoms with Gasteiger partial charge in [0.1, 0.15) is 0 Å². The first kappa shape index (κ1) is 14.9. The van der Waals surface area contributed by atoms with E-state index in [0.29, 0.717) is 6.54 Å². The normalized spacial score (nSPS) is 10.0. The lowest BCUT2D eigenvalue weighted by Gasteiger charge is -2.09. The highest BCUT2D eigenvalue weighted by Crippen LogP contribution is 2.14. The molecule has 19 heavy (non-hydrogen) atoms. The van der Waals surface area contributed by atoms with Gasteiger partial charge >= 0.3 is 0 Å². The summed E-state index contributed by atoms with van der Waals surface area (Å²) in [5.74, 6) is -1.78. The van der Waals surface area contributed by atoms with Crippen LogP contribution in [-0.4, -0.2) is 29.9 Å². The Kier molecular flexibility index (Phi) is 5.72. The number of carbonyl (C=O) groups is 2. The highest BCUT2D eigenvalue weighted by Gasteiger charge is 2.15. The molecular weight excluding hydrogens is 251 g/mol. The molecular formula is C12H17FN4O2. The van der Waals surface area contributed by atoms with Gasteiger partial charge in [-0.25, -0.2) is 9.37 Å². The van der Waals surface area contributed by atoms with Gasteiger partial charge < -0.3 is 16.4 Å². The number of primary amides is 1. The van der Waals surface area contributed by atoms with E-state index in [1.54, 1.807) is 0 Å². The molecule has 0 aliphatic heterocycles. The van der Waals surface area contributed by atoms with Gasteiger partial charge in [-0.1, -0.05) is 6.92 Å². The zero-order valence-corrected chi connectivity index (χ0v) is 10.7. The maximum atomic E-state index is 14.0. The molecule has 1 aromatic rings. The average molecular weight is 268 g/mol. The minimum atomic E-state index is -0.701. The van der Waals surface area contributed by atoms with E-state index in [9.17, 15) is 14.0 Å². The van der Waals surface area contributed by atoms with Crippen molar-refractivity contribution in [3.8, 4) is 0 Å². The van der Waals surface area contributed by atoms with Crippen LogP contribution in [0.4, 0.5) is 10.2 Å². The Labute approximate surface area is 110 Å². The zero-order valence-electron chi connectivity index (χ0n) is 10.7. The third-order valence-corrected chi connectivity index (χ3v) is 2.33. The number of hydrogen-bond acceptors (Lipinski definition) is 4. The highest BCUT2D eigenvalue weighted by molar-refractivity contribution is 5.95. The van der Waals surface area contributed by atoms with Gasteiger partial charge in [0.2, 0.25) is 5.91 Å². The SMILES string of the molecule is CCCNc1nccc(C(=O)NCCC(N)=O)c1F. The fourth-order valence-electron chi connectivity index (χ4n) is 1.38. The fourth-order valence-corrected chi connectivity index (χ4v) is 1.38. The number of pyridine rings is 1. The van der Waals surface area contributed by atoms with Gasteiger partial charge in [-0.05, 0) is 12.5 Å². The molecule has 0 unspecified atom stereocenters. The first-order valence-corrected chi connectivity index (χ1v) is 6.01. The van der Waals surface area contributed by atoms with Crippen molar-refractivity contribution in [1.82, 2.24) is 10.3 Å². The molecule has 1 rings (SSSR count). The van der Waals surface area contributed by atoms with Crippen LogP contribution in [0.5, 0.6) is 0 Å². The second-order valence-corrected chi connectivity index (χ2v) is 3.92. The van der Waals surface area contributed by atoms with Gasteiger partial charge in [-0.2, -0.15) is 0 Å². The Balaban J connectivity index is 2.71. The van der Waals surface area contributed by atoms with Crippen LogP contribution in [0.2, 0.25) is 0 Å². The summed E-state index contributed by atoms with van der Waals surface area (Å²) in [5, 5.41) is 5.21. The van der Waals surface area contributed by atoms with Crippen LogP contribution < -0.4 is 16.4 Å². The van der Waals surface area contributed by atoms with Gasteiger partial charge in [-0.15, -0.1) is 0 Å². The summed E-state index contributed by atoms with van der Waals surface area (Å²) in [4.78, 5) is 26.1. The minimum absolute atomic E-state index is 0.0133. The van der Waals surface area contributed by atoms with Crippen molar-refractivity contribution in [2.24, 2.45) is 5.73 Å². The monoisotopic (exact) mass is 268 g/mol. The van der Waals surface area contributed by atoms with E-state index >= 15 is 0 Å². The number of nitrogens with zero attached hydrogens (tertiary/aromatic N) is 1. The van der Waals surface area contributed by atoms with Crippen LogP contribution >= 0.6 is 0 Å². The first-order valence-electron chi connectivity index (χ1n) is 6.01. The standard InChI is InChI=1S/C12H17FN4O2/c1-2-5-15-11-10(13)8(3-6-16-11)12(19)17-7-4-9(14)18/h3,6H,2,4-5,7H2,1H3,(H2,14,18)(H,15,16)(H,17,19). The maximum absolute atomic E-state index is 14.0. The van der Waals surface area contributed by atoms with E-state index in [1.165, 1.54) is 12.3 Å². The maximum Gasteiger partial charge on any atom is 0.254 e. The summed E-state index contributed by atoms with van der Waals surface area (Å²) in [5.41, 5.74) is 4.83. The summed E-state index contributed by atoms with van der Waals surface area (Å²) in [7, 11) is 0. The van der Waals surface area contributed by atoms with Gasteiger partial charge in [0.05, 0.1) is 5.56 Å². The van der Waals surface area contributed by atoms with Gasteiger partial charge in [-0.3, -0.25) is 9.59 Å². The van der Waals surface area contributed by atoms with Crippen molar-refractivity contribution in [3.63, 3.8) is 0 Å². The molecule has 104 valence electrons. The minimum Gasteiger partial charge on any atom is -0.370 e. The lowest BCUT2D eigenvalue weighted by molar-refractivity contribution is -0.117. The van der Waals surface area contributed by atoms with E-state index in [1.807, 2.05) is 6.92 Å². The first-order chi connectivity index (χ1) is 9.06. The number of nitrogens with one attached hydrogen (secondary N) is 2. The van der Waals surface area contributed by atoms with Crippen LogP contribution in [0.1, 0.15) is 30.1 Å². The second kappa shape index (κ2) is 7.30. The van der Waals surface area contributed by atoms with Gasteiger partial charge in [0, 0.05) is 25.7 Å². The van der Waals surface area contributed by atoms with Crippen LogP contribution in [-0.2, 0) is 4.79 Å². The van der Waals surface area contributed by atoms with Crippen LogP contribution in [0, 0.1) is 5.82 Å². The molecule has 1 aromatic heterocycles. The number of carbonyl (C=O) groups excluding carboxylic acids is 2. The van der Waals surface area contributed by atoms with Crippen molar-refractivity contribution in [2.75, 3.05) is 18.4 Å². The molecule has 0 saturated carbocycles. The molecule has 0 bridgehead atoms. The molecule has 4 N–H and O–H groups in total. The fraction of sp³-hybridized carbons (Fsp3) is 0.417. The van der Waals surface area contributed by atoms with Crippen molar-refractivity contribution in [3.05, 3.63) is 23.6 Å². The Morgan fingerprint density at radius 2 is 2.16 bits per heavy atom. The molecule has 0 fully saturated rings. The van der Waals surface area contributed by atoms with Gasteiger partial charge in [0.15, 0.2) is 11.6 Å². The molecule has 1 heterocycles. The number of aromatic nitrogens is 1. The Morgan fingerprint density at radius 3 is 2.79 bits per heavy atom. The number of amides is 2. The number of hydrogen-bond donors (Lipinski definition) is 3. The summed E-state index contributed by atoms with van der Waals surface area (Å²) >= 11 is 0. The smallest absolute Gasteiger partial charge is 0.254 e. The molecule has 0 radical (unpaired) electrons. The van der Waals surface area contributed by atoms with Crippen molar-refractivity contribution < 1.29 is 14.0 Å². The molecule has 0 atom stereocenters. The largest absolute Gasteiger partial charge is 0.370 e. The molecule has 0 aliphatic rings. The van der Waals surface area contributed by atoms with Crippen LogP contribution in [0.15, 0.2) is 12.3 Å². The molecule has 6 nitrogen and oxygen atoms in total. The molecule has 0 aromatic carbocycles. The van der Waals surface area contributed by atoms with E-state index < -0.39 is 17.6 Å². The quantitative estimate of drug-likeness (QED) is 0.676. The predicted octanol–water partition coefficient (Wildman–Crippen LogP) is 0.648. The van der Waals surface area contributed by atoms with E-state index in [4.69, 9.17) is 5.73 Å². The lowest BCUT2D eigenvalue weighted by atomic mass is 10.2. The van der Waals surface area contributed by atoms with E-state index in [-0.39, 0.29) is 24.3 Å². The summed E-state index contributed by atoms with van der Waals surface area (Å²) < 4.78 is 14.0. The number of halogens is 1. The lowest BCUT2D eigenvalue weighted by Crippen LogP contribution is -2.28. The second-order valence-electron chi connectivity index (χ2n) is 3.92. The zero-order chi connectivity index (χ0) is 14.3. The highest BCUT2D eigenvalue weighted by atomic mass is 19.1. The van der Waals surface area contributed by atoms with Crippen molar-refractivity contribution in [1.29, 1.82) is 0 Å². The third kappa shape index (κ3) is 4.53. The van der Waals surface area contributed by atoms with E-state index in [0.717, 1.165) is 6.42 Å². The predicted molar refractivity (Wildman–Crippen MR) is 69.1 cm³/mol. The number of nitrogens with two attached hydrogens (primary N) is 1. The van der Waals surface area contributed by atoms with Gasteiger partial charge in [0.25, 0.3) is 5.91 Å². The Hall–Kier alpha value is -2.18. The summed E-state index contributed by atoms with van der Waals surface area (Å²) in [6, 6.07) is 1.28. The topological polar surface area (TPSA) is 97.1 Å². The average Bonchev–Trinajstić information content (AvgIpc) is 2.37. The third-order valence-electron chi connectivity index (χ3n) is 2.33. The molecule has 0 saturated heterocycles. The Bertz CT molecular complexity index is 465. The van der Waals surface area contributed by atoms with Crippen LogP contribution in [0.25, 0.3) is 0 Å². The summed E-state index contributed by atoms with van der Waals surface area (Å²) in [6.45, 7) is 2.58.